The van der Waals surface area contributed by atoms with Crippen molar-refractivity contribution in [1.29, 1.82) is 0 Å². The molecule has 0 spiro atoms. The lowest BCUT2D eigenvalue weighted by Crippen LogP contribution is -2.15. The van der Waals surface area contributed by atoms with E-state index in [4.69, 9.17) is 0 Å². The molecule has 2 aromatic carbocycles. The van der Waals surface area contributed by atoms with Gasteiger partial charge in [0.25, 0.3) is 0 Å². The molecule has 0 aliphatic heterocycles. The summed E-state index contributed by atoms with van der Waals surface area (Å²) in [6.07, 6.45) is 1.88. The van der Waals surface area contributed by atoms with Crippen LogP contribution in [0.3, 0.4) is 0 Å². The van der Waals surface area contributed by atoms with Crippen molar-refractivity contribution in [2.75, 3.05) is 11.1 Å². The maximum atomic E-state index is 12.4. The van der Waals surface area contributed by atoms with Gasteiger partial charge in [-0.05, 0) is 37.5 Å². The minimum Gasteiger partial charge on any atom is -0.322 e. The number of aryl methyl sites for hydroxylation is 2. The van der Waals surface area contributed by atoms with Gasteiger partial charge in [-0.15, -0.1) is 0 Å². The lowest BCUT2D eigenvalue weighted by Gasteiger charge is -2.10. The fraction of sp³-hybridized carbons (Fsp3) is 0.208. The van der Waals surface area contributed by atoms with Gasteiger partial charge in [-0.3, -0.25) is 9.89 Å². The number of hydrogen-bond donors (Lipinski definition) is 2. The van der Waals surface area contributed by atoms with Crippen molar-refractivity contribution in [2.24, 2.45) is 0 Å². The lowest BCUT2D eigenvalue weighted by atomic mass is 10.0. The number of nitrogens with one attached hydrogen (secondary N) is 2. The minimum absolute atomic E-state index is 0.0722. The van der Waals surface area contributed by atoms with Crippen molar-refractivity contribution in [1.82, 2.24) is 19.7 Å². The van der Waals surface area contributed by atoms with Gasteiger partial charge in [0.15, 0.2) is 5.16 Å². The molecule has 2 aromatic heterocycles. The predicted octanol–water partition coefficient (Wildman–Crippen LogP) is 5.31. The summed E-state index contributed by atoms with van der Waals surface area (Å²) in [5.41, 5.74) is 6.93. The molecule has 7 heteroatoms. The Kier molecular flexibility index (Phi) is 6.23. The Morgan fingerprint density at radius 1 is 1.03 bits per heavy atom. The normalized spacial score (nSPS) is 10.9. The monoisotopic (exact) mass is 431 g/mol. The first-order valence-corrected chi connectivity index (χ1v) is 11.2. The minimum atomic E-state index is -0.0722. The zero-order chi connectivity index (χ0) is 21.8. The van der Waals surface area contributed by atoms with Crippen LogP contribution in [0.5, 0.6) is 0 Å². The summed E-state index contributed by atoms with van der Waals surface area (Å²) in [4.78, 5) is 17.0. The van der Waals surface area contributed by atoms with Gasteiger partial charge < -0.3 is 9.88 Å². The average Bonchev–Trinajstić information content (AvgIpc) is 3.36. The molecular formula is C24H25N5OS. The van der Waals surface area contributed by atoms with E-state index in [9.17, 15) is 4.79 Å². The van der Waals surface area contributed by atoms with Gasteiger partial charge in [0.2, 0.25) is 5.91 Å². The molecule has 158 valence electrons. The Balaban J connectivity index is 1.47. The van der Waals surface area contributed by atoms with Crippen LogP contribution in [0, 0.1) is 13.8 Å². The second-order valence-corrected chi connectivity index (χ2v) is 8.20. The Hall–Kier alpha value is -3.32. The number of anilines is 1. The third-order valence-electron chi connectivity index (χ3n) is 5.15. The van der Waals surface area contributed by atoms with Crippen LogP contribution < -0.4 is 5.32 Å². The molecule has 0 bridgehead atoms. The van der Waals surface area contributed by atoms with Crippen molar-refractivity contribution >= 4 is 23.4 Å². The smallest absolute Gasteiger partial charge is 0.234 e. The van der Waals surface area contributed by atoms with Crippen molar-refractivity contribution in [3.05, 3.63) is 72.2 Å². The molecule has 1 amide bonds. The number of aromatic amines is 1. The SMILES string of the molecule is CCn1c(-c2ccc(-c3ccccc3)cc2)cnc1SCC(=O)Nc1c(C)n[nH]c1C. The first-order valence-electron chi connectivity index (χ1n) is 10.2. The summed E-state index contributed by atoms with van der Waals surface area (Å²) >= 11 is 1.44. The van der Waals surface area contributed by atoms with E-state index in [-0.39, 0.29) is 11.7 Å². The van der Waals surface area contributed by atoms with Gasteiger partial charge in [-0.1, -0.05) is 66.4 Å². The number of rotatable bonds is 7. The predicted molar refractivity (Wildman–Crippen MR) is 126 cm³/mol. The molecule has 0 fully saturated rings. The van der Waals surface area contributed by atoms with E-state index in [0.717, 1.165) is 40.0 Å². The molecule has 0 aliphatic rings. The summed E-state index contributed by atoms with van der Waals surface area (Å²) in [7, 11) is 0. The molecule has 0 saturated heterocycles. The van der Waals surface area contributed by atoms with Crippen LogP contribution in [0.25, 0.3) is 22.4 Å². The number of thioether (sulfide) groups is 1. The molecule has 0 aliphatic carbocycles. The molecule has 4 aromatic rings. The van der Waals surface area contributed by atoms with Crippen LogP contribution in [0.15, 0.2) is 66.0 Å². The highest BCUT2D eigenvalue weighted by molar-refractivity contribution is 7.99. The standard InChI is InChI=1S/C24H25N5OS/c1-4-29-21(20-12-10-19(11-13-20)18-8-6-5-7-9-18)14-25-24(29)31-15-22(30)26-23-16(2)27-28-17(23)3/h5-14H,4,15H2,1-3H3,(H,26,30)(H,27,28). The first-order chi connectivity index (χ1) is 15.1. The highest BCUT2D eigenvalue weighted by Gasteiger charge is 2.15. The molecule has 0 atom stereocenters. The maximum Gasteiger partial charge on any atom is 0.234 e. The van der Waals surface area contributed by atoms with E-state index in [1.807, 2.05) is 38.2 Å². The summed E-state index contributed by atoms with van der Waals surface area (Å²) in [6.45, 7) is 6.62. The number of nitrogens with zero attached hydrogens (tertiary/aromatic N) is 3. The van der Waals surface area contributed by atoms with Gasteiger partial charge in [0.05, 0.1) is 34.7 Å². The molecule has 31 heavy (non-hydrogen) atoms. The number of carbonyl (C=O) groups excluding carboxylic acids is 1. The van der Waals surface area contributed by atoms with E-state index in [1.54, 1.807) is 0 Å². The highest BCUT2D eigenvalue weighted by Crippen LogP contribution is 2.28. The molecule has 0 unspecified atom stereocenters. The maximum absolute atomic E-state index is 12.4. The average molecular weight is 432 g/mol. The third-order valence-corrected chi connectivity index (χ3v) is 6.14. The van der Waals surface area contributed by atoms with E-state index in [0.29, 0.717) is 0 Å². The van der Waals surface area contributed by atoms with Gasteiger partial charge in [0, 0.05) is 6.54 Å². The van der Waals surface area contributed by atoms with Gasteiger partial charge >= 0.3 is 0 Å². The highest BCUT2D eigenvalue weighted by atomic mass is 32.2. The summed E-state index contributed by atoms with van der Waals surface area (Å²) < 4.78 is 2.14. The summed E-state index contributed by atoms with van der Waals surface area (Å²) in [5, 5.41) is 10.8. The van der Waals surface area contributed by atoms with E-state index in [1.165, 1.54) is 22.9 Å². The molecular weight excluding hydrogens is 406 g/mol. The van der Waals surface area contributed by atoms with Gasteiger partial charge in [-0.25, -0.2) is 4.98 Å². The van der Waals surface area contributed by atoms with E-state index in [2.05, 4.69) is 68.4 Å². The Labute approximate surface area is 186 Å². The molecule has 2 heterocycles. The number of H-pyrrole nitrogens is 1. The van der Waals surface area contributed by atoms with Crippen LogP contribution in [0.4, 0.5) is 5.69 Å². The van der Waals surface area contributed by atoms with Gasteiger partial charge in [0.1, 0.15) is 0 Å². The summed E-state index contributed by atoms with van der Waals surface area (Å²) in [6, 6.07) is 18.8. The number of aromatic nitrogens is 4. The largest absolute Gasteiger partial charge is 0.322 e. The van der Waals surface area contributed by atoms with Crippen molar-refractivity contribution in [2.45, 2.75) is 32.5 Å². The van der Waals surface area contributed by atoms with Crippen LogP contribution >= 0.6 is 11.8 Å². The van der Waals surface area contributed by atoms with Crippen LogP contribution in [0.1, 0.15) is 18.3 Å². The van der Waals surface area contributed by atoms with Crippen LogP contribution in [-0.2, 0) is 11.3 Å². The fourth-order valence-corrected chi connectivity index (χ4v) is 4.36. The molecule has 6 nitrogen and oxygen atoms in total. The number of carbonyl (C=O) groups is 1. The first kappa shape index (κ1) is 20.9. The fourth-order valence-electron chi connectivity index (χ4n) is 3.51. The van der Waals surface area contributed by atoms with Crippen molar-refractivity contribution < 1.29 is 4.79 Å². The quantitative estimate of drug-likeness (QED) is 0.389. The van der Waals surface area contributed by atoms with Gasteiger partial charge in [-0.2, -0.15) is 5.10 Å². The number of hydrogen-bond acceptors (Lipinski definition) is 4. The number of amides is 1. The van der Waals surface area contributed by atoms with Crippen LogP contribution in [0.2, 0.25) is 0 Å². The van der Waals surface area contributed by atoms with Crippen molar-refractivity contribution in [3.8, 4) is 22.4 Å². The summed E-state index contributed by atoms with van der Waals surface area (Å²) in [5.74, 6) is 0.213. The van der Waals surface area contributed by atoms with E-state index >= 15 is 0 Å². The Morgan fingerprint density at radius 3 is 2.35 bits per heavy atom. The topological polar surface area (TPSA) is 75.6 Å². The zero-order valence-electron chi connectivity index (χ0n) is 17.8. The zero-order valence-corrected chi connectivity index (χ0v) is 18.7. The molecule has 4 rings (SSSR count). The molecule has 2 N–H and O–H groups in total. The van der Waals surface area contributed by atoms with E-state index < -0.39 is 0 Å². The third kappa shape index (κ3) is 4.56. The lowest BCUT2D eigenvalue weighted by molar-refractivity contribution is -0.113. The Morgan fingerprint density at radius 2 is 1.71 bits per heavy atom. The Bertz CT molecular complexity index is 1160. The number of imidazole rings is 1. The molecule has 0 saturated carbocycles. The van der Waals surface area contributed by atoms with Crippen molar-refractivity contribution in [3.63, 3.8) is 0 Å². The van der Waals surface area contributed by atoms with Crippen LogP contribution in [-0.4, -0.2) is 31.4 Å². The second kappa shape index (κ2) is 9.22. The number of benzene rings is 2. The molecule has 0 radical (unpaired) electrons. The second-order valence-electron chi connectivity index (χ2n) is 7.26.